The van der Waals surface area contributed by atoms with Gasteiger partial charge in [0.25, 0.3) is 5.91 Å². The minimum atomic E-state index is -0.146. The summed E-state index contributed by atoms with van der Waals surface area (Å²) in [5.41, 5.74) is 1.50. The van der Waals surface area contributed by atoms with Gasteiger partial charge >= 0.3 is 0 Å². The van der Waals surface area contributed by atoms with E-state index in [9.17, 15) is 4.79 Å². The average Bonchev–Trinajstić information content (AvgIpc) is 2.77. The summed E-state index contributed by atoms with van der Waals surface area (Å²) in [4.78, 5) is 14.6. The normalized spacial score (nSPS) is 16.6. The number of nitrogens with zero attached hydrogens (tertiary/aromatic N) is 1. The molecule has 1 saturated heterocycles. The van der Waals surface area contributed by atoms with Crippen molar-refractivity contribution in [3.05, 3.63) is 69.0 Å². The van der Waals surface area contributed by atoms with Crippen molar-refractivity contribution in [2.75, 3.05) is 4.90 Å². The van der Waals surface area contributed by atoms with Crippen LogP contribution in [0.25, 0.3) is 6.08 Å². The van der Waals surface area contributed by atoms with E-state index in [0.717, 1.165) is 11.3 Å². The van der Waals surface area contributed by atoms with Crippen LogP contribution in [0.4, 0.5) is 5.69 Å². The molecule has 1 fully saturated rings. The van der Waals surface area contributed by atoms with Gasteiger partial charge in [-0.05, 0) is 35.9 Å². The number of rotatable bonds is 2. The molecule has 0 bridgehead atoms. The van der Waals surface area contributed by atoms with Gasteiger partial charge in [0.1, 0.15) is 0 Å². The summed E-state index contributed by atoms with van der Waals surface area (Å²) in [6.07, 6.45) is 1.74. The molecule has 0 spiro atoms. The van der Waals surface area contributed by atoms with Crippen molar-refractivity contribution in [2.24, 2.45) is 0 Å². The van der Waals surface area contributed by atoms with Crippen LogP contribution in [0.15, 0.2) is 53.4 Å². The van der Waals surface area contributed by atoms with Crippen LogP contribution in [-0.2, 0) is 4.79 Å². The fourth-order valence-corrected chi connectivity index (χ4v) is 3.78. The fraction of sp³-hybridized carbons (Fsp3) is 0. The van der Waals surface area contributed by atoms with E-state index in [4.69, 9.17) is 35.4 Å². The van der Waals surface area contributed by atoms with Crippen molar-refractivity contribution in [3.8, 4) is 0 Å². The molecule has 1 aliphatic heterocycles. The second-order valence-electron chi connectivity index (χ2n) is 4.52. The molecule has 22 heavy (non-hydrogen) atoms. The number of anilines is 1. The Labute approximate surface area is 147 Å². The molecule has 0 radical (unpaired) electrons. The molecule has 0 N–H and O–H groups in total. The minimum Gasteiger partial charge on any atom is -0.268 e. The van der Waals surface area contributed by atoms with Gasteiger partial charge in [0, 0.05) is 10.0 Å². The molecule has 0 aliphatic carbocycles. The van der Waals surface area contributed by atoms with E-state index in [1.165, 1.54) is 16.7 Å². The summed E-state index contributed by atoms with van der Waals surface area (Å²) in [7, 11) is 0. The number of thiocarbonyl (C=S) groups is 1. The van der Waals surface area contributed by atoms with Gasteiger partial charge in [-0.3, -0.25) is 9.69 Å². The standard InChI is InChI=1S/C16H9Cl2NOS2/c17-11-7-6-10(13(18)9-11)8-14-15(20)19(16(21)22-14)12-4-2-1-3-5-12/h1-9H/b14-8+. The highest BCUT2D eigenvalue weighted by Crippen LogP contribution is 2.36. The topological polar surface area (TPSA) is 20.3 Å². The van der Waals surface area contributed by atoms with Gasteiger partial charge in [0.05, 0.1) is 10.6 Å². The van der Waals surface area contributed by atoms with E-state index in [-0.39, 0.29) is 5.91 Å². The van der Waals surface area contributed by atoms with Crippen LogP contribution < -0.4 is 4.90 Å². The van der Waals surface area contributed by atoms with E-state index < -0.39 is 0 Å². The second kappa shape index (κ2) is 6.42. The summed E-state index contributed by atoms with van der Waals surface area (Å²) < 4.78 is 0.507. The Hall–Kier alpha value is -1.33. The lowest BCUT2D eigenvalue weighted by Gasteiger charge is -2.13. The average molecular weight is 366 g/mol. The molecule has 110 valence electrons. The van der Waals surface area contributed by atoms with Crippen LogP contribution in [0.5, 0.6) is 0 Å². The summed E-state index contributed by atoms with van der Waals surface area (Å²) in [5, 5.41) is 1.05. The Morgan fingerprint density at radius 3 is 2.50 bits per heavy atom. The monoisotopic (exact) mass is 365 g/mol. The number of hydrogen-bond acceptors (Lipinski definition) is 3. The van der Waals surface area contributed by atoms with Gasteiger partial charge in [-0.25, -0.2) is 0 Å². The van der Waals surface area contributed by atoms with Crippen molar-refractivity contribution in [1.82, 2.24) is 0 Å². The van der Waals surface area contributed by atoms with Crippen molar-refractivity contribution < 1.29 is 4.79 Å². The van der Waals surface area contributed by atoms with E-state index in [1.807, 2.05) is 30.3 Å². The van der Waals surface area contributed by atoms with E-state index >= 15 is 0 Å². The quantitative estimate of drug-likeness (QED) is 0.524. The van der Waals surface area contributed by atoms with Crippen molar-refractivity contribution in [3.63, 3.8) is 0 Å². The zero-order valence-corrected chi connectivity index (χ0v) is 14.3. The predicted molar refractivity (Wildman–Crippen MR) is 98.6 cm³/mol. The predicted octanol–water partition coefficient (Wildman–Crippen LogP) is 5.40. The minimum absolute atomic E-state index is 0.146. The molecule has 6 heteroatoms. The van der Waals surface area contributed by atoms with Crippen LogP contribution in [0.1, 0.15) is 5.56 Å². The lowest BCUT2D eigenvalue weighted by Crippen LogP contribution is -2.27. The highest BCUT2D eigenvalue weighted by Gasteiger charge is 2.33. The van der Waals surface area contributed by atoms with Gasteiger partial charge in [0.15, 0.2) is 4.32 Å². The summed E-state index contributed by atoms with van der Waals surface area (Å²) in [5.74, 6) is -0.146. The van der Waals surface area contributed by atoms with Gasteiger partial charge in [-0.15, -0.1) is 0 Å². The van der Waals surface area contributed by atoms with E-state index in [2.05, 4.69) is 0 Å². The first-order valence-electron chi connectivity index (χ1n) is 6.34. The Morgan fingerprint density at radius 1 is 1.09 bits per heavy atom. The maximum atomic E-state index is 12.6. The Kier molecular flexibility index (Phi) is 4.54. The summed E-state index contributed by atoms with van der Waals surface area (Å²) in [6, 6.07) is 14.5. The maximum absolute atomic E-state index is 12.6. The molecule has 2 aromatic rings. The zero-order valence-electron chi connectivity index (χ0n) is 11.1. The molecule has 3 rings (SSSR count). The first kappa shape index (κ1) is 15.6. The van der Waals surface area contributed by atoms with Crippen LogP contribution in [-0.4, -0.2) is 10.2 Å². The summed E-state index contributed by atoms with van der Waals surface area (Å²) >= 11 is 18.6. The molecule has 1 heterocycles. The Bertz CT molecular complexity index is 790. The molecule has 2 aromatic carbocycles. The van der Waals surface area contributed by atoms with Crippen LogP contribution in [0.2, 0.25) is 10.0 Å². The fourth-order valence-electron chi connectivity index (χ4n) is 2.03. The smallest absolute Gasteiger partial charge is 0.268 e. The van der Waals surface area contributed by atoms with Crippen LogP contribution in [0.3, 0.4) is 0 Å². The highest BCUT2D eigenvalue weighted by atomic mass is 35.5. The van der Waals surface area contributed by atoms with E-state index in [0.29, 0.717) is 19.3 Å². The Morgan fingerprint density at radius 2 is 1.82 bits per heavy atom. The SMILES string of the molecule is O=C1/C(=C\c2ccc(Cl)cc2Cl)SC(=S)N1c1ccccc1. The number of halogens is 2. The number of benzene rings is 2. The number of carbonyl (C=O) groups excluding carboxylic acids is 1. The molecule has 1 amide bonds. The molecule has 0 unspecified atom stereocenters. The van der Waals surface area contributed by atoms with Crippen molar-refractivity contribution in [1.29, 1.82) is 0 Å². The molecule has 1 aliphatic rings. The third-order valence-corrected chi connectivity index (χ3v) is 4.92. The number of para-hydroxylation sites is 1. The molecular weight excluding hydrogens is 357 g/mol. The number of amides is 1. The Balaban J connectivity index is 1.96. The summed E-state index contributed by atoms with van der Waals surface area (Å²) in [6.45, 7) is 0. The van der Waals surface area contributed by atoms with Crippen LogP contribution >= 0.6 is 47.2 Å². The molecule has 0 saturated carbocycles. The highest BCUT2D eigenvalue weighted by molar-refractivity contribution is 8.27. The largest absolute Gasteiger partial charge is 0.270 e. The van der Waals surface area contributed by atoms with Gasteiger partial charge < -0.3 is 0 Å². The first-order chi connectivity index (χ1) is 10.6. The third-order valence-electron chi connectivity index (χ3n) is 3.06. The van der Waals surface area contributed by atoms with Gasteiger partial charge in [0.2, 0.25) is 0 Å². The number of hydrogen-bond donors (Lipinski definition) is 0. The van der Waals surface area contributed by atoms with Crippen molar-refractivity contribution in [2.45, 2.75) is 0 Å². The third kappa shape index (κ3) is 3.06. The molecular formula is C16H9Cl2NOS2. The molecule has 0 atom stereocenters. The molecule has 2 nitrogen and oxygen atoms in total. The maximum Gasteiger partial charge on any atom is 0.270 e. The lowest BCUT2D eigenvalue weighted by atomic mass is 10.2. The number of carbonyl (C=O) groups is 1. The van der Waals surface area contributed by atoms with Gasteiger partial charge in [-0.1, -0.05) is 71.4 Å². The van der Waals surface area contributed by atoms with Gasteiger partial charge in [-0.2, -0.15) is 0 Å². The van der Waals surface area contributed by atoms with Crippen molar-refractivity contribution >= 4 is 69.2 Å². The number of thioether (sulfide) groups is 1. The van der Waals surface area contributed by atoms with E-state index in [1.54, 1.807) is 24.3 Å². The molecule has 0 aromatic heterocycles. The first-order valence-corrected chi connectivity index (χ1v) is 8.32. The van der Waals surface area contributed by atoms with Crippen LogP contribution in [0, 0.1) is 0 Å². The zero-order chi connectivity index (χ0) is 15.7. The second-order valence-corrected chi connectivity index (χ2v) is 7.04. The lowest BCUT2D eigenvalue weighted by molar-refractivity contribution is -0.113.